The molecule has 0 atom stereocenters. The van der Waals surface area contributed by atoms with Crippen molar-refractivity contribution in [3.63, 3.8) is 0 Å². The van der Waals surface area contributed by atoms with Gasteiger partial charge in [-0.05, 0) is 57.3 Å². The van der Waals surface area contributed by atoms with Gasteiger partial charge < -0.3 is 14.2 Å². The molecular formula is C19H20N2O2. The molecule has 4 rings (SSSR count). The molecule has 0 radical (unpaired) electrons. The minimum atomic E-state index is 0.0946. The molecule has 3 heterocycles. The van der Waals surface area contributed by atoms with Crippen molar-refractivity contribution in [2.24, 2.45) is 0 Å². The van der Waals surface area contributed by atoms with Gasteiger partial charge in [0.05, 0.1) is 17.5 Å². The Kier molecular flexibility index (Phi) is 3.54. The van der Waals surface area contributed by atoms with Gasteiger partial charge in [-0.15, -0.1) is 0 Å². The van der Waals surface area contributed by atoms with Gasteiger partial charge in [-0.25, -0.2) is 0 Å². The number of nitrogens with zero attached hydrogens (tertiary/aromatic N) is 2. The molecule has 1 saturated heterocycles. The Labute approximate surface area is 136 Å². The van der Waals surface area contributed by atoms with Crippen LogP contribution < -0.4 is 4.90 Å². The molecule has 1 fully saturated rings. The average molecular weight is 308 g/mol. The van der Waals surface area contributed by atoms with E-state index in [-0.39, 0.29) is 11.9 Å². The Morgan fingerprint density at radius 3 is 2.65 bits per heavy atom. The first-order valence-electron chi connectivity index (χ1n) is 8.11. The summed E-state index contributed by atoms with van der Waals surface area (Å²) in [6.45, 7) is 2.07. The molecule has 23 heavy (non-hydrogen) atoms. The molecule has 0 saturated carbocycles. The van der Waals surface area contributed by atoms with Crippen molar-refractivity contribution >= 4 is 23.2 Å². The normalized spacial score (nSPS) is 21.2. The zero-order valence-corrected chi connectivity index (χ0v) is 13.2. The molecule has 2 aliphatic heterocycles. The zero-order valence-electron chi connectivity index (χ0n) is 13.2. The molecule has 2 aromatic rings. The summed E-state index contributed by atoms with van der Waals surface area (Å²) in [5.74, 6) is 0.811. The van der Waals surface area contributed by atoms with Crippen LogP contribution in [-0.2, 0) is 4.79 Å². The van der Waals surface area contributed by atoms with Crippen LogP contribution in [0, 0.1) is 0 Å². The third-order valence-corrected chi connectivity index (χ3v) is 4.79. The van der Waals surface area contributed by atoms with E-state index in [1.165, 1.54) is 0 Å². The fourth-order valence-corrected chi connectivity index (χ4v) is 3.54. The first-order chi connectivity index (χ1) is 11.2. The number of amides is 1. The number of benzene rings is 1. The van der Waals surface area contributed by atoms with Crippen LogP contribution in [0.25, 0.3) is 11.6 Å². The molecular weight excluding hydrogens is 288 g/mol. The number of likely N-dealkylation sites (tertiary alicyclic amines) is 1. The van der Waals surface area contributed by atoms with Crippen LogP contribution in [0.2, 0.25) is 0 Å². The van der Waals surface area contributed by atoms with Crippen LogP contribution >= 0.6 is 0 Å². The lowest BCUT2D eigenvalue weighted by molar-refractivity contribution is -0.113. The number of rotatable bonds is 2. The minimum Gasteiger partial charge on any atom is -0.465 e. The maximum absolute atomic E-state index is 13.1. The van der Waals surface area contributed by atoms with E-state index in [4.69, 9.17) is 4.42 Å². The number of furan rings is 1. The lowest BCUT2D eigenvalue weighted by Crippen LogP contribution is -2.45. The third-order valence-electron chi connectivity index (χ3n) is 4.79. The van der Waals surface area contributed by atoms with E-state index in [0.717, 1.165) is 42.8 Å². The summed E-state index contributed by atoms with van der Waals surface area (Å²) < 4.78 is 5.40. The Morgan fingerprint density at radius 2 is 1.91 bits per heavy atom. The summed E-state index contributed by atoms with van der Waals surface area (Å²) in [5, 5.41) is 0. The van der Waals surface area contributed by atoms with E-state index < -0.39 is 0 Å². The number of anilines is 1. The topological polar surface area (TPSA) is 36.7 Å². The quantitative estimate of drug-likeness (QED) is 0.799. The Balaban J connectivity index is 1.73. The van der Waals surface area contributed by atoms with Crippen molar-refractivity contribution < 1.29 is 9.21 Å². The minimum absolute atomic E-state index is 0.0946. The Hall–Kier alpha value is -2.33. The molecule has 4 nitrogen and oxygen atoms in total. The first-order valence-corrected chi connectivity index (χ1v) is 8.11. The van der Waals surface area contributed by atoms with Gasteiger partial charge in [0.15, 0.2) is 0 Å². The van der Waals surface area contributed by atoms with Gasteiger partial charge in [-0.3, -0.25) is 4.79 Å². The van der Waals surface area contributed by atoms with Crippen molar-refractivity contribution in [2.75, 3.05) is 25.0 Å². The first kappa shape index (κ1) is 14.3. The van der Waals surface area contributed by atoms with Crippen LogP contribution in [0.1, 0.15) is 24.2 Å². The summed E-state index contributed by atoms with van der Waals surface area (Å²) >= 11 is 0. The molecule has 0 bridgehead atoms. The predicted molar refractivity (Wildman–Crippen MR) is 91.0 cm³/mol. The van der Waals surface area contributed by atoms with Crippen LogP contribution in [0.3, 0.4) is 0 Å². The number of hydrogen-bond donors (Lipinski definition) is 0. The summed E-state index contributed by atoms with van der Waals surface area (Å²) in [7, 11) is 2.14. The van der Waals surface area contributed by atoms with Gasteiger partial charge in [0.2, 0.25) is 0 Å². The smallest absolute Gasteiger partial charge is 0.259 e. The number of carbonyl (C=O) groups excluding carboxylic acids is 1. The molecule has 4 heteroatoms. The SMILES string of the molecule is CN1CCC(N2C(=O)C(=Cc3ccco3)c3ccccc32)CC1. The van der Waals surface area contributed by atoms with Crippen molar-refractivity contribution in [1.82, 2.24) is 4.90 Å². The molecule has 1 amide bonds. The van der Waals surface area contributed by atoms with Crippen LogP contribution in [0.4, 0.5) is 5.69 Å². The number of carbonyl (C=O) groups is 1. The lowest BCUT2D eigenvalue weighted by Gasteiger charge is -2.35. The lowest BCUT2D eigenvalue weighted by atomic mass is 10.0. The molecule has 0 N–H and O–H groups in total. The fraction of sp³-hybridized carbons (Fsp3) is 0.316. The van der Waals surface area contributed by atoms with Crippen molar-refractivity contribution in [2.45, 2.75) is 18.9 Å². The molecule has 1 aromatic heterocycles. The average Bonchev–Trinajstić information content (AvgIpc) is 3.17. The maximum atomic E-state index is 13.1. The molecule has 0 spiro atoms. The van der Waals surface area contributed by atoms with E-state index in [1.807, 2.05) is 41.3 Å². The van der Waals surface area contributed by atoms with Crippen LogP contribution in [0.15, 0.2) is 47.1 Å². The van der Waals surface area contributed by atoms with Crippen molar-refractivity contribution in [1.29, 1.82) is 0 Å². The predicted octanol–water partition coefficient (Wildman–Crippen LogP) is 3.26. The highest BCUT2D eigenvalue weighted by molar-refractivity contribution is 6.35. The third kappa shape index (κ3) is 2.49. The van der Waals surface area contributed by atoms with Gasteiger partial charge in [0, 0.05) is 11.6 Å². The van der Waals surface area contributed by atoms with Gasteiger partial charge in [-0.1, -0.05) is 18.2 Å². The number of piperidine rings is 1. The molecule has 0 aliphatic carbocycles. The van der Waals surface area contributed by atoms with Crippen molar-refractivity contribution in [3.8, 4) is 0 Å². The van der Waals surface area contributed by atoms with Gasteiger partial charge >= 0.3 is 0 Å². The maximum Gasteiger partial charge on any atom is 0.259 e. The number of hydrogen-bond acceptors (Lipinski definition) is 3. The fourth-order valence-electron chi connectivity index (χ4n) is 3.54. The summed E-state index contributed by atoms with van der Waals surface area (Å²) in [4.78, 5) is 17.4. The van der Waals surface area contributed by atoms with Crippen molar-refractivity contribution in [3.05, 3.63) is 54.0 Å². The summed E-state index contributed by atoms with van der Waals surface area (Å²) in [6, 6.07) is 12.1. The molecule has 0 unspecified atom stereocenters. The number of para-hydroxylation sites is 1. The zero-order chi connectivity index (χ0) is 15.8. The monoisotopic (exact) mass is 308 g/mol. The highest BCUT2D eigenvalue weighted by Crippen LogP contribution is 2.40. The second-order valence-corrected chi connectivity index (χ2v) is 6.30. The molecule has 1 aromatic carbocycles. The molecule has 118 valence electrons. The number of fused-ring (bicyclic) bond motifs is 1. The van der Waals surface area contributed by atoms with E-state index in [0.29, 0.717) is 5.76 Å². The van der Waals surface area contributed by atoms with E-state index in [2.05, 4.69) is 18.0 Å². The van der Waals surface area contributed by atoms with E-state index >= 15 is 0 Å². The molecule has 2 aliphatic rings. The summed E-state index contributed by atoms with van der Waals surface area (Å²) in [5.41, 5.74) is 2.77. The summed E-state index contributed by atoms with van der Waals surface area (Å²) in [6.07, 6.45) is 5.53. The van der Waals surface area contributed by atoms with E-state index in [1.54, 1.807) is 6.26 Å². The highest BCUT2D eigenvalue weighted by Gasteiger charge is 2.37. The second-order valence-electron chi connectivity index (χ2n) is 6.30. The Bertz CT molecular complexity index is 740. The van der Waals surface area contributed by atoms with Crippen LogP contribution in [-0.4, -0.2) is 37.0 Å². The standard InChI is InChI=1S/C19H20N2O2/c1-20-10-8-14(9-11-20)21-18-7-3-2-6-16(18)17(19(21)22)13-15-5-4-12-23-15/h2-7,12-14H,8-11H2,1H3. The van der Waals surface area contributed by atoms with Gasteiger partial charge in [-0.2, -0.15) is 0 Å². The van der Waals surface area contributed by atoms with E-state index in [9.17, 15) is 4.79 Å². The van der Waals surface area contributed by atoms with Gasteiger partial charge in [0.1, 0.15) is 5.76 Å². The Morgan fingerprint density at radius 1 is 1.13 bits per heavy atom. The largest absolute Gasteiger partial charge is 0.465 e. The second kappa shape index (κ2) is 5.70. The van der Waals surface area contributed by atoms with Gasteiger partial charge in [0.25, 0.3) is 5.91 Å². The van der Waals surface area contributed by atoms with Crippen LogP contribution in [0.5, 0.6) is 0 Å². The highest BCUT2D eigenvalue weighted by atomic mass is 16.3.